The van der Waals surface area contributed by atoms with Crippen molar-refractivity contribution in [3.8, 4) is 0 Å². The van der Waals surface area contributed by atoms with Crippen molar-refractivity contribution in [2.24, 2.45) is 5.41 Å². The Morgan fingerprint density at radius 1 is 1.00 bits per heavy atom. The molecular formula is C25H27F2N7O3. The van der Waals surface area contributed by atoms with Crippen molar-refractivity contribution < 1.29 is 18.5 Å². The predicted octanol–water partition coefficient (Wildman–Crippen LogP) is 4.51. The lowest BCUT2D eigenvalue weighted by Crippen LogP contribution is -2.40. The van der Waals surface area contributed by atoms with E-state index >= 15 is 0 Å². The lowest BCUT2D eigenvalue weighted by molar-refractivity contribution is -0.384. The summed E-state index contributed by atoms with van der Waals surface area (Å²) >= 11 is 0. The van der Waals surface area contributed by atoms with Crippen LogP contribution in [-0.2, 0) is 0 Å². The molecule has 3 aliphatic rings. The summed E-state index contributed by atoms with van der Waals surface area (Å²) in [5, 5.41) is 14.3. The van der Waals surface area contributed by atoms with Crippen molar-refractivity contribution in [2.75, 3.05) is 41.3 Å². The summed E-state index contributed by atoms with van der Waals surface area (Å²) < 4.78 is 29.2. The Bertz CT molecular complexity index is 1370. The van der Waals surface area contributed by atoms with Gasteiger partial charge in [-0.15, -0.1) is 0 Å². The van der Waals surface area contributed by atoms with Crippen molar-refractivity contribution in [3.63, 3.8) is 0 Å². The summed E-state index contributed by atoms with van der Waals surface area (Å²) in [5.41, 5.74) is 1.72. The van der Waals surface area contributed by atoms with E-state index in [2.05, 4.69) is 20.2 Å². The lowest BCUT2D eigenvalue weighted by Gasteiger charge is -2.34. The van der Waals surface area contributed by atoms with E-state index in [1.807, 2.05) is 0 Å². The zero-order valence-corrected chi connectivity index (χ0v) is 20.2. The van der Waals surface area contributed by atoms with Crippen molar-refractivity contribution in [2.45, 2.75) is 44.4 Å². The SMILES string of the molecule is O=C(Nc1cc2nccn2c(N2CCC(F)(F)CC2)n1)c1ccc([N+](=O)[O-])cc1N1CCC2(CC1)CC2. The van der Waals surface area contributed by atoms with Crippen molar-refractivity contribution in [3.05, 3.63) is 52.3 Å². The molecule has 1 amide bonds. The molecule has 0 radical (unpaired) electrons. The minimum atomic E-state index is -2.70. The number of imidazole rings is 1. The molecule has 37 heavy (non-hydrogen) atoms. The first-order valence-electron chi connectivity index (χ1n) is 12.5. The maximum absolute atomic E-state index is 13.7. The molecule has 0 unspecified atom stereocenters. The smallest absolute Gasteiger partial charge is 0.271 e. The van der Waals surface area contributed by atoms with Gasteiger partial charge in [0.25, 0.3) is 17.5 Å². The molecule has 2 saturated heterocycles. The summed E-state index contributed by atoms with van der Waals surface area (Å²) in [7, 11) is 0. The molecule has 12 heteroatoms. The topological polar surface area (TPSA) is 109 Å². The Hall–Kier alpha value is -3.83. The molecule has 10 nitrogen and oxygen atoms in total. The molecule has 0 atom stereocenters. The van der Waals surface area contributed by atoms with Crippen LogP contribution in [0.4, 0.5) is 31.9 Å². The predicted molar refractivity (Wildman–Crippen MR) is 134 cm³/mol. The minimum Gasteiger partial charge on any atom is -0.371 e. The van der Waals surface area contributed by atoms with Crippen LogP contribution in [0.1, 0.15) is 48.9 Å². The number of amides is 1. The number of nitrogens with one attached hydrogen (secondary N) is 1. The highest BCUT2D eigenvalue weighted by molar-refractivity contribution is 6.08. The largest absolute Gasteiger partial charge is 0.371 e. The molecule has 2 aliphatic heterocycles. The van der Waals surface area contributed by atoms with Crippen LogP contribution in [-0.4, -0.2) is 57.3 Å². The first kappa shape index (κ1) is 23.6. The van der Waals surface area contributed by atoms with E-state index in [0.29, 0.717) is 28.3 Å². The van der Waals surface area contributed by atoms with E-state index in [4.69, 9.17) is 0 Å². The summed E-state index contributed by atoms with van der Waals surface area (Å²) in [4.78, 5) is 37.2. The van der Waals surface area contributed by atoms with Crippen LogP contribution >= 0.6 is 0 Å². The second-order valence-corrected chi connectivity index (χ2v) is 10.3. The molecule has 3 fully saturated rings. The molecule has 1 aromatic carbocycles. The van der Waals surface area contributed by atoms with Gasteiger partial charge in [0.05, 0.1) is 16.2 Å². The zero-order chi connectivity index (χ0) is 25.8. The number of piperidine rings is 2. The molecule has 6 rings (SSSR count). The molecule has 0 bridgehead atoms. The van der Waals surface area contributed by atoms with Crippen LogP contribution in [0.5, 0.6) is 0 Å². The highest BCUT2D eigenvalue weighted by atomic mass is 19.3. The number of nitro groups is 1. The number of hydrogen-bond acceptors (Lipinski definition) is 7. The molecule has 1 N–H and O–H groups in total. The van der Waals surface area contributed by atoms with E-state index in [0.717, 1.165) is 25.9 Å². The van der Waals surface area contributed by atoms with Gasteiger partial charge < -0.3 is 15.1 Å². The molecule has 1 spiro atoms. The van der Waals surface area contributed by atoms with Gasteiger partial charge >= 0.3 is 0 Å². The molecule has 2 aromatic heterocycles. The van der Waals surface area contributed by atoms with E-state index in [9.17, 15) is 23.7 Å². The van der Waals surface area contributed by atoms with E-state index in [-0.39, 0.29) is 37.4 Å². The number of fused-ring (bicyclic) bond motifs is 1. The number of aromatic nitrogens is 3. The number of nitro benzene ring substituents is 1. The molecule has 4 heterocycles. The monoisotopic (exact) mass is 511 g/mol. The summed E-state index contributed by atoms with van der Waals surface area (Å²) in [6.45, 7) is 1.74. The fourth-order valence-electron chi connectivity index (χ4n) is 5.40. The fourth-order valence-corrected chi connectivity index (χ4v) is 5.40. The second-order valence-electron chi connectivity index (χ2n) is 10.3. The Morgan fingerprint density at radius 3 is 2.38 bits per heavy atom. The van der Waals surface area contributed by atoms with Gasteiger partial charge in [-0.1, -0.05) is 0 Å². The van der Waals surface area contributed by atoms with Gasteiger partial charge in [-0.05, 0) is 37.2 Å². The molecule has 1 aliphatic carbocycles. The van der Waals surface area contributed by atoms with Gasteiger partial charge in [0.15, 0.2) is 0 Å². The van der Waals surface area contributed by atoms with Crippen LogP contribution in [0.2, 0.25) is 0 Å². The number of hydrogen-bond donors (Lipinski definition) is 1. The average Bonchev–Trinajstić information content (AvgIpc) is 3.45. The maximum atomic E-state index is 13.7. The summed E-state index contributed by atoms with van der Waals surface area (Å²) in [6, 6.07) is 5.88. The third kappa shape index (κ3) is 4.56. The van der Waals surface area contributed by atoms with Gasteiger partial charge in [-0.3, -0.25) is 19.3 Å². The van der Waals surface area contributed by atoms with E-state index in [1.54, 1.807) is 27.8 Å². The average molecular weight is 512 g/mol. The number of nitrogens with zero attached hydrogens (tertiary/aromatic N) is 6. The molecule has 1 saturated carbocycles. The Kier molecular flexibility index (Phi) is 5.50. The number of non-ortho nitro benzene ring substituents is 1. The van der Waals surface area contributed by atoms with Crippen molar-refractivity contribution in [1.82, 2.24) is 14.4 Å². The first-order chi connectivity index (χ1) is 17.7. The summed E-state index contributed by atoms with van der Waals surface area (Å²) in [5.74, 6) is -2.49. The van der Waals surface area contributed by atoms with Crippen LogP contribution in [0.3, 0.4) is 0 Å². The van der Waals surface area contributed by atoms with Gasteiger partial charge in [0, 0.05) is 69.6 Å². The molecule has 3 aromatic rings. The second kappa shape index (κ2) is 8.63. The third-order valence-electron chi connectivity index (χ3n) is 7.95. The van der Waals surface area contributed by atoms with Gasteiger partial charge in [-0.25, -0.2) is 13.8 Å². The van der Waals surface area contributed by atoms with Gasteiger partial charge in [-0.2, -0.15) is 4.98 Å². The normalized spacial score (nSPS) is 20.3. The van der Waals surface area contributed by atoms with Crippen LogP contribution in [0.15, 0.2) is 36.7 Å². The standard InChI is InChI=1S/C25H27F2N7O3/c26-25(27)7-12-32(13-8-25)23-30-20(16-21-28-9-14-33(21)23)29-22(35)18-2-1-17(34(36)37)15-19(18)31-10-5-24(3-4-24)6-11-31/h1-2,9,14-16H,3-8,10-13H2,(H,29,35). The number of halogens is 2. The zero-order valence-electron chi connectivity index (χ0n) is 20.2. The van der Waals surface area contributed by atoms with Crippen LogP contribution < -0.4 is 15.1 Å². The molecular weight excluding hydrogens is 484 g/mol. The third-order valence-corrected chi connectivity index (χ3v) is 7.95. The number of carbonyl (C=O) groups excluding carboxylic acids is 1. The van der Waals surface area contributed by atoms with Crippen molar-refractivity contribution in [1.29, 1.82) is 0 Å². The number of benzene rings is 1. The number of alkyl halides is 2. The van der Waals surface area contributed by atoms with Gasteiger partial charge in [0.1, 0.15) is 11.5 Å². The summed E-state index contributed by atoms with van der Waals surface area (Å²) in [6.07, 6.45) is 7.20. The van der Waals surface area contributed by atoms with E-state index in [1.165, 1.54) is 31.0 Å². The number of rotatable bonds is 5. The molecule has 194 valence electrons. The van der Waals surface area contributed by atoms with E-state index < -0.39 is 16.8 Å². The Morgan fingerprint density at radius 2 is 1.70 bits per heavy atom. The van der Waals surface area contributed by atoms with Crippen LogP contribution in [0.25, 0.3) is 5.65 Å². The number of carbonyl (C=O) groups is 1. The highest BCUT2D eigenvalue weighted by Gasteiger charge is 2.44. The van der Waals surface area contributed by atoms with Crippen LogP contribution in [0, 0.1) is 15.5 Å². The highest BCUT2D eigenvalue weighted by Crippen LogP contribution is 2.54. The van der Waals surface area contributed by atoms with Crippen molar-refractivity contribution >= 4 is 34.7 Å². The first-order valence-corrected chi connectivity index (χ1v) is 12.5. The number of anilines is 3. The lowest BCUT2D eigenvalue weighted by atomic mass is 9.93. The Labute approximate surface area is 211 Å². The van der Waals surface area contributed by atoms with Gasteiger partial charge in [0.2, 0.25) is 5.95 Å². The quantitative estimate of drug-likeness (QED) is 0.397. The maximum Gasteiger partial charge on any atom is 0.271 e. The Balaban J connectivity index is 1.29. The minimum absolute atomic E-state index is 0.0700. The fraction of sp³-hybridized carbons (Fsp3) is 0.480.